The summed E-state index contributed by atoms with van der Waals surface area (Å²) in [5.74, 6) is 0. The van der Waals surface area contributed by atoms with Crippen LogP contribution >= 0.6 is 0 Å². The number of nitrogens with one attached hydrogen (secondary N) is 1. The van der Waals surface area contributed by atoms with E-state index < -0.39 is 11.7 Å². The van der Waals surface area contributed by atoms with Gasteiger partial charge in [0.15, 0.2) is 0 Å². The van der Waals surface area contributed by atoms with Gasteiger partial charge < -0.3 is 5.32 Å². The summed E-state index contributed by atoms with van der Waals surface area (Å²) in [5.41, 5.74) is 0.291. The number of para-hydroxylation sites is 1. The minimum Gasteiger partial charge on any atom is -0.380 e. The van der Waals surface area contributed by atoms with Crippen LogP contribution in [-0.4, -0.2) is 9.78 Å². The topological polar surface area (TPSA) is 29.9 Å². The fourth-order valence-corrected chi connectivity index (χ4v) is 1.93. The highest BCUT2D eigenvalue weighted by molar-refractivity contribution is 5.52. The summed E-state index contributed by atoms with van der Waals surface area (Å²) in [6.07, 6.45) is 0.118. The van der Waals surface area contributed by atoms with E-state index in [0.29, 0.717) is 6.54 Å². The van der Waals surface area contributed by atoms with Gasteiger partial charge in [0.2, 0.25) is 0 Å². The van der Waals surface area contributed by atoms with Crippen LogP contribution < -0.4 is 5.32 Å². The molecular formula is C14H16F3N3. The first kappa shape index (κ1) is 14.4. The van der Waals surface area contributed by atoms with Crippen LogP contribution in [0.1, 0.15) is 24.5 Å². The molecule has 0 saturated carbocycles. The molecule has 0 aliphatic heterocycles. The molecule has 0 bridgehead atoms. The standard InChI is InChI=1S/C14H16F3N3/c1-2-7-20-10-11(9-19-20)8-18-13-6-4-3-5-12(13)14(15,16)17/h3-6,9-10,18H,2,7-8H2,1H3. The monoisotopic (exact) mass is 283 g/mol. The van der Waals surface area contributed by atoms with Crippen molar-refractivity contribution in [2.75, 3.05) is 5.32 Å². The van der Waals surface area contributed by atoms with Crippen molar-refractivity contribution in [2.45, 2.75) is 32.6 Å². The van der Waals surface area contributed by atoms with Crippen molar-refractivity contribution in [3.05, 3.63) is 47.8 Å². The third-order valence-corrected chi connectivity index (χ3v) is 2.85. The van der Waals surface area contributed by atoms with Crippen molar-refractivity contribution in [3.8, 4) is 0 Å². The number of halogens is 3. The summed E-state index contributed by atoms with van der Waals surface area (Å²) in [6, 6.07) is 5.47. The largest absolute Gasteiger partial charge is 0.418 e. The van der Waals surface area contributed by atoms with Gasteiger partial charge in [0.1, 0.15) is 0 Å². The number of aryl methyl sites for hydroxylation is 1. The predicted octanol–water partition coefficient (Wildman–Crippen LogP) is 3.92. The van der Waals surface area contributed by atoms with E-state index in [4.69, 9.17) is 0 Å². The van der Waals surface area contributed by atoms with Crippen LogP contribution in [0.5, 0.6) is 0 Å². The van der Waals surface area contributed by atoms with Gasteiger partial charge in [-0.05, 0) is 18.6 Å². The number of hydrogen-bond acceptors (Lipinski definition) is 2. The van der Waals surface area contributed by atoms with Crippen molar-refractivity contribution in [2.24, 2.45) is 0 Å². The van der Waals surface area contributed by atoms with Crippen molar-refractivity contribution in [3.63, 3.8) is 0 Å². The van der Waals surface area contributed by atoms with Gasteiger partial charge in [-0.25, -0.2) is 0 Å². The Kier molecular flexibility index (Phi) is 4.32. The lowest BCUT2D eigenvalue weighted by molar-refractivity contribution is -0.136. The highest BCUT2D eigenvalue weighted by atomic mass is 19.4. The second kappa shape index (κ2) is 5.98. The Morgan fingerprint density at radius 2 is 2.00 bits per heavy atom. The second-order valence-electron chi connectivity index (χ2n) is 4.51. The molecule has 0 aliphatic carbocycles. The van der Waals surface area contributed by atoms with E-state index in [-0.39, 0.29) is 5.69 Å². The lowest BCUT2D eigenvalue weighted by Crippen LogP contribution is -2.10. The average Bonchev–Trinajstić information content (AvgIpc) is 2.84. The molecule has 0 aliphatic rings. The average molecular weight is 283 g/mol. The quantitative estimate of drug-likeness (QED) is 0.901. The summed E-state index contributed by atoms with van der Waals surface area (Å²) in [6.45, 7) is 3.16. The van der Waals surface area contributed by atoms with Gasteiger partial charge >= 0.3 is 6.18 Å². The van der Waals surface area contributed by atoms with E-state index in [1.807, 2.05) is 13.1 Å². The molecule has 2 rings (SSSR count). The van der Waals surface area contributed by atoms with E-state index >= 15 is 0 Å². The normalized spacial score (nSPS) is 11.6. The summed E-state index contributed by atoms with van der Waals surface area (Å²) in [4.78, 5) is 0. The lowest BCUT2D eigenvalue weighted by atomic mass is 10.1. The van der Waals surface area contributed by atoms with E-state index in [1.54, 1.807) is 16.9 Å². The first-order valence-electron chi connectivity index (χ1n) is 6.42. The van der Waals surface area contributed by atoms with Crippen LogP contribution in [0, 0.1) is 0 Å². The smallest absolute Gasteiger partial charge is 0.380 e. The van der Waals surface area contributed by atoms with Crippen molar-refractivity contribution in [1.82, 2.24) is 9.78 Å². The van der Waals surface area contributed by atoms with E-state index in [9.17, 15) is 13.2 Å². The lowest BCUT2D eigenvalue weighted by Gasteiger charge is -2.13. The summed E-state index contributed by atoms with van der Waals surface area (Å²) in [5, 5.41) is 6.96. The molecule has 0 fully saturated rings. The van der Waals surface area contributed by atoms with Gasteiger partial charge in [-0.3, -0.25) is 4.68 Å². The number of benzene rings is 1. The summed E-state index contributed by atoms with van der Waals surface area (Å²) < 4.78 is 40.3. The molecule has 0 atom stereocenters. The number of hydrogen-bond donors (Lipinski definition) is 1. The van der Waals surface area contributed by atoms with E-state index in [0.717, 1.165) is 24.6 Å². The van der Waals surface area contributed by atoms with Crippen LogP contribution in [0.2, 0.25) is 0 Å². The molecular weight excluding hydrogens is 267 g/mol. The van der Waals surface area contributed by atoms with E-state index in [1.165, 1.54) is 12.1 Å². The fraction of sp³-hybridized carbons (Fsp3) is 0.357. The molecule has 2 aromatic rings. The summed E-state index contributed by atoms with van der Waals surface area (Å²) >= 11 is 0. The zero-order valence-electron chi connectivity index (χ0n) is 11.1. The molecule has 1 aromatic carbocycles. The molecule has 0 unspecified atom stereocenters. The molecule has 108 valence electrons. The molecule has 1 heterocycles. The van der Waals surface area contributed by atoms with Gasteiger partial charge in [-0.1, -0.05) is 19.1 Å². The number of nitrogens with zero attached hydrogens (tertiary/aromatic N) is 2. The van der Waals surface area contributed by atoms with Crippen LogP contribution in [-0.2, 0) is 19.3 Å². The molecule has 0 amide bonds. The maximum atomic E-state index is 12.8. The third kappa shape index (κ3) is 3.53. The highest BCUT2D eigenvalue weighted by Crippen LogP contribution is 2.34. The van der Waals surface area contributed by atoms with Crippen LogP contribution in [0.15, 0.2) is 36.7 Å². The Morgan fingerprint density at radius 1 is 1.25 bits per heavy atom. The minimum atomic E-state index is -4.35. The second-order valence-corrected chi connectivity index (χ2v) is 4.51. The Bertz CT molecular complexity index is 561. The van der Waals surface area contributed by atoms with Gasteiger partial charge in [0.25, 0.3) is 0 Å². The van der Waals surface area contributed by atoms with Crippen molar-refractivity contribution >= 4 is 5.69 Å². The first-order chi connectivity index (χ1) is 9.50. The van der Waals surface area contributed by atoms with Crippen molar-refractivity contribution < 1.29 is 13.2 Å². The van der Waals surface area contributed by atoms with Gasteiger partial charge in [0.05, 0.1) is 11.8 Å². The molecule has 0 spiro atoms. The fourth-order valence-electron chi connectivity index (χ4n) is 1.93. The van der Waals surface area contributed by atoms with Crippen LogP contribution in [0.3, 0.4) is 0 Å². The molecule has 1 N–H and O–H groups in total. The Labute approximate surface area is 115 Å². The molecule has 0 saturated heterocycles. The predicted molar refractivity (Wildman–Crippen MR) is 71.3 cm³/mol. The molecule has 1 aromatic heterocycles. The molecule has 0 radical (unpaired) electrons. The molecule has 20 heavy (non-hydrogen) atoms. The van der Waals surface area contributed by atoms with Crippen molar-refractivity contribution in [1.29, 1.82) is 0 Å². The summed E-state index contributed by atoms with van der Waals surface area (Å²) in [7, 11) is 0. The Balaban J connectivity index is 2.07. The number of alkyl halides is 3. The van der Waals surface area contributed by atoms with Crippen LogP contribution in [0.4, 0.5) is 18.9 Å². The zero-order valence-corrected chi connectivity index (χ0v) is 11.1. The number of rotatable bonds is 5. The highest BCUT2D eigenvalue weighted by Gasteiger charge is 2.32. The zero-order chi connectivity index (χ0) is 14.6. The van der Waals surface area contributed by atoms with Gasteiger partial charge in [-0.2, -0.15) is 18.3 Å². The number of aromatic nitrogens is 2. The number of anilines is 1. The van der Waals surface area contributed by atoms with Gasteiger partial charge in [-0.15, -0.1) is 0 Å². The van der Waals surface area contributed by atoms with E-state index in [2.05, 4.69) is 10.4 Å². The first-order valence-corrected chi connectivity index (χ1v) is 6.42. The Morgan fingerprint density at radius 3 is 2.70 bits per heavy atom. The maximum absolute atomic E-state index is 12.8. The van der Waals surface area contributed by atoms with Gasteiger partial charge in [0, 0.05) is 30.5 Å². The molecule has 6 heteroatoms. The minimum absolute atomic E-state index is 0.0863. The third-order valence-electron chi connectivity index (χ3n) is 2.85. The maximum Gasteiger partial charge on any atom is 0.418 e. The van der Waals surface area contributed by atoms with Crippen LogP contribution in [0.25, 0.3) is 0 Å². The molecule has 3 nitrogen and oxygen atoms in total. The SMILES string of the molecule is CCCn1cc(CNc2ccccc2C(F)(F)F)cn1. The Hall–Kier alpha value is -1.98.